The molecule has 0 amide bonds. The molecule has 0 saturated heterocycles. The molecule has 1 aromatic heterocycles. The summed E-state index contributed by atoms with van der Waals surface area (Å²) in [4.78, 5) is 2.62. The maximum Gasteiger partial charge on any atom is 0.0159 e. The SMILES string of the molecule is CCC(CC)N(CCBr)CCc1ccsc1. The van der Waals surface area contributed by atoms with Crippen LogP contribution >= 0.6 is 27.3 Å². The second-order valence-electron chi connectivity index (χ2n) is 4.08. The Bertz CT molecular complexity index is 257. The van der Waals surface area contributed by atoms with Crippen LogP contribution in [0, 0.1) is 0 Å². The fourth-order valence-electron chi connectivity index (χ4n) is 2.10. The number of nitrogens with zero attached hydrogens (tertiary/aromatic N) is 1. The van der Waals surface area contributed by atoms with Crippen LogP contribution in [0.25, 0.3) is 0 Å². The maximum atomic E-state index is 3.56. The number of alkyl halides is 1. The third kappa shape index (κ3) is 4.56. The number of hydrogen-bond donors (Lipinski definition) is 0. The highest BCUT2D eigenvalue weighted by atomic mass is 79.9. The highest BCUT2D eigenvalue weighted by molar-refractivity contribution is 9.09. The van der Waals surface area contributed by atoms with E-state index in [1.54, 1.807) is 11.3 Å². The van der Waals surface area contributed by atoms with Gasteiger partial charge in [0.25, 0.3) is 0 Å². The summed E-state index contributed by atoms with van der Waals surface area (Å²) < 4.78 is 0. The van der Waals surface area contributed by atoms with Crippen molar-refractivity contribution < 1.29 is 0 Å². The van der Waals surface area contributed by atoms with Gasteiger partial charge in [-0.25, -0.2) is 0 Å². The molecule has 0 aliphatic heterocycles. The third-order valence-corrected chi connectivity index (χ3v) is 4.19. The summed E-state index contributed by atoms with van der Waals surface area (Å²) in [6.07, 6.45) is 3.70. The second-order valence-corrected chi connectivity index (χ2v) is 5.65. The molecule has 0 aliphatic carbocycles. The van der Waals surface area contributed by atoms with Crippen molar-refractivity contribution in [2.45, 2.75) is 39.2 Å². The summed E-state index contributed by atoms with van der Waals surface area (Å²) in [5.74, 6) is 0. The van der Waals surface area contributed by atoms with Crippen LogP contribution in [0.2, 0.25) is 0 Å². The van der Waals surface area contributed by atoms with E-state index in [1.165, 1.54) is 31.4 Å². The third-order valence-electron chi connectivity index (χ3n) is 3.10. The van der Waals surface area contributed by atoms with Crippen LogP contribution in [-0.2, 0) is 6.42 Å². The lowest BCUT2D eigenvalue weighted by Gasteiger charge is -2.29. The molecule has 1 rings (SSSR count). The molecule has 0 saturated carbocycles. The van der Waals surface area contributed by atoms with Crippen LogP contribution < -0.4 is 0 Å². The topological polar surface area (TPSA) is 3.24 Å². The van der Waals surface area contributed by atoms with Crippen molar-refractivity contribution >= 4 is 27.3 Å². The van der Waals surface area contributed by atoms with E-state index >= 15 is 0 Å². The van der Waals surface area contributed by atoms with Crippen molar-refractivity contribution in [3.05, 3.63) is 22.4 Å². The van der Waals surface area contributed by atoms with Crippen molar-refractivity contribution in [3.8, 4) is 0 Å². The van der Waals surface area contributed by atoms with Crippen molar-refractivity contribution in [1.29, 1.82) is 0 Å². The van der Waals surface area contributed by atoms with Crippen LogP contribution in [0.5, 0.6) is 0 Å². The molecule has 0 aromatic carbocycles. The Balaban J connectivity index is 2.43. The first-order valence-electron chi connectivity index (χ1n) is 6.12. The molecule has 1 heterocycles. The van der Waals surface area contributed by atoms with Gasteiger partial charge in [0.1, 0.15) is 0 Å². The molecule has 0 radical (unpaired) electrons. The average molecular weight is 304 g/mol. The van der Waals surface area contributed by atoms with Gasteiger partial charge in [-0.2, -0.15) is 11.3 Å². The van der Waals surface area contributed by atoms with E-state index in [2.05, 4.69) is 51.5 Å². The molecule has 16 heavy (non-hydrogen) atoms. The van der Waals surface area contributed by atoms with Gasteiger partial charge in [0, 0.05) is 24.5 Å². The van der Waals surface area contributed by atoms with E-state index in [0.717, 1.165) is 17.9 Å². The summed E-state index contributed by atoms with van der Waals surface area (Å²) in [5, 5.41) is 5.51. The fourth-order valence-corrected chi connectivity index (χ4v) is 3.26. The van der Waals surface area contributed by atoms with E-state index in [1.807, 2.05) is 0 Å². The number of rotatable bonds is 8. The first-order chi connectivity index (χ1) is 7.81. The number of hydrogen-bond acceptors (Lipinski definition) is 2. The zero-order valence-electron chi connectivity index (χ0n) is 10.3. The quantitative estimate of drug-likeness (QED) is 0.651. The lowest BCUT2D eigenvalue weighted by molar-refractivity contribution is 0.200. The van der Waals surface area contributed by atoms with Gasteiger partial charge < -0.3 is 0 Å². The second kappa shape index (κ2) is 8.26. The molecule has 1 aromatic rings. The zero-order chi connectivity index (χ0) is 11.8. The van der Waals surface area contributed by atoms with Gasteiger partial charge in [0.2, 0.25) is 0 Å². The molecule has 0 spiro atoms. The van der Waals surface area contributed by atoms with Gasteiger partial charge in [0.05, 0.1) is 0 Å². The minimum atomic E-state index is 0.746. The normalized spacial score (nSPS) is 11.6. The summed E-state index contributed by atoms with van der Waals surface area (Å²) in [6.45, 7) is 6.94. The highest BCUT2D eigenvalue weighted by Gasteiger charge is 2.13. The summed E-state index contributed by atoms with van der Waals surface area (Å²) in [5.41, 5.74) is 1.48. The van der Waals surface area contributed by atoms with Crippen LogP contribution in [0.4, 0.5) is 0 Å². The molecule has 0 bridgehead atoms. The van der Waals surface area contributed by atoms with Crippen molar-refractivity contribution in [1.82, 2.24) is 4.90 Å². The van der Waals surface area contributed by atoms with E-state index in [9.17, 15) is 0 Å². The van der Waals surface area contributed by atoms with Gasteiger partial charge in [-0.3, -0.25) is 4.90 Å². The van der Waals surface area contributed by atoms with E-state index < -0.39 is 0 Å². The molecule has 3 heteroatoms. The van der Waals surface area contributed by atoms with Gasteiger partial charge in [-0.1, -0.05) is 29.8 Å². The predicted molar refractivity (Wildman–Crippen MR) is 77.8 cm³/mol. The molecular weight excluding hydrogens is 282 g/mol. The molecule has 0 fully saturated rings. The standard InChI is InChI=1S/C13H22BrNS/c1-3-13(4-2)15(9-7-14)8-5-12-6-10-16-11-12/h6,10-11,13H,3-5,7-9H2,1-2H3. The Morgan fingerprint density at radius 1 is 1.31 bits per heavy atom. The zero-order valence-corrected chi connectivity index (χ0v) is 12.7. The fraction of sp³-hybridized carbons (Fsp3) is 0.692. The van der Waals surface area contributed by atoms with Crippen LogP contribution in [0.1, 0.15) is 32.3 Å². The van der Waals surface area contributed by atoms with Gasteiger partial charge >= 0.3 is 0 Å². The molecular formula is C13H22BrNS. The van der Waals surface area contributed by atoms with E-state index in [-0.39, 0.29) is 0 Å². The highest BCUT2D eigenvalue weighted by Crippen LogP contribution is 2.12. The van der Waals surface area contributed by atoms with Gasteiger partial charge in [0.15, 0.2) is 0 Å². The Morgan fingerprint density at radius 3 is 2.56 bits per heavy atom. The van der Waals surface area contributed by atoms with Crippen LogP contribution in [0.3, 0.4) is 0 Å². The Labute approximate surface area is 112 Å². The maximum absolute atomic E-state index is 3.56. The molecule has 0 N–H and O–H groups in total. The average Bonchev–Trinajstić information content (AvgIpc) is 2.80. The predicted octanol–water partition coefficient (Wildman–Crippen LogP) is 4.18. The van der Waals surface area contributed by atoms with Gasteiger partial charge in [-0.15, -0.1) is 0 Å². The molecule has 0 aliphatic rings. The lowest BCUT2D eigenvalue weighted by Crippen LogP contribution is -2.37. The van der Waals surface area contributed by atoms with Crippen molar-refractivity contribution in [2.24, 2.45) is 0 Å². The van der Waals surface area contributed by atoms with Crippen molar-refractivity contribution in [2.75, 3.05) is 18.4 Å². The molecule has 0 atom stereocenters. The van der Waals surface area contributed by atoms with Crippen LogP contribution in [0.15, 0.2) is 16.8 Å². The Hall–Kier alpha value is 0.140. The minimum absolute atomic E-state index is 0.746. The van der Waals surface area contributed by atoms with Gasteiger partial charge in [-0.05, 0) is 41.7 Å². The van der Waals surface area contributed by atoms with E-state index in [0.29, 0.717) is 0 Å². The Morgan fingerprint density at radius 2 is 2.06 bits per heavy atom. The first kappa shape index (κ1) is 14.2. The Kier molecular flexibility index (Phi) is 7.33. The lowest BCUT2D eigenvalue weighted by atomic mass is 10.1. The number of thiophene rings is 1. The summed E-state index contributed by atoms with van der Waals surface area (Å²) in [7, 11) is 0. The summed E-state index contributed by atoms with van der Waals surface area (Å²) in [6, 6.07) is 2.99. The summed E-state index contributed by atoms with van der Waals surface area (Å²) >= 11 is 5.35. The largest absolute Gasteiger partial charge is 0.299 e. The number of halogens is 1. The molecule has 1 nitrogen and oxygen atoms in total. The smallest absolute Gasteiger partial charge is 0.0159 e. The van der Waals surface area contributed by atoms with Crippen molar-refractivity contribution in [3.63, 3.8) is 0 Å². The minimum Gasteiger partial charge on any atom is -0.299 e. The van der Waals surface area contributed by atoms with Crippen LogP contribution in [-0.4, -0.2) is 29.4 Å². The first-order valence-corrected chi connectivity index (χ1v) is 8.19. The molecule has 0 unspecified atom stereocenters. The van der Waals surface area contributed by atoms with E-state index in [4.69, 9.17) is 0 Å². The monoisotopic (exact) mass is 303 g/mol. The molecule has 92 valence electrons.